The quantitative estimate of drug-likeness (QED) is 0.800. The Labute approximate surface area is 87.1 Å². The van der Waals surface area contributed by atoms with Crippen LogP contribution >= 0.6 is 0 Å². The van der Waals surface area contributed by atoms with Gasteiger partial charge in [-0.25, -0.2) is 4.98 Å². The second kappa shape index (κ2) is 4.44. The van der Waals surface area contributed by atoms with E-state index in [-0.39, 0.29) is 6.42 Å². The number of nitrogens with zero attached hydrogens (tertiary/aromatic N) is 1. The summed E-state index contributed by atoms with van der Waals surface area (Å²) in [6.45, 7) is 1.55. The molecule has 0 aromatic carbocycles. The van der Waals surface area contributed by atoms with E-state index < -0.39 is 5.97 Å². The molecular formula is C10H13NO4. The molecule has 0 saturated carbocycles. The van der Waals surface area contributed by atoms with Gasteiger partial charge in [0.15, 0.2) is 5.89 Å². The number of aliphatic carboxylic acids is 1. The van der Waals surface area contributed by atoms with E-state index >= 15 is 0 Å². The molecule has 0 spiro atoms. The minimum Gasteiger partial charge on any atom is -0.481 e. The molecule has 0 radical (unpaired) electrons. The number of rotatable bonds is 4. The van der Waals surface area contributed by atoms with Crippen LogP contribution in [-0.2, 0) is 22.4 Å². The number of aromatic nitrogens is 1. The first kappa shape index (κ1) is 10.2. The molecule has 5 nitrogen and oxygen atoms in total. The number of hydrogen-bond acceptors (Lipinski definition) is 4. The maximum absolute atomic E-state index is 10.4. The zero-order valence-electron chi connectivity index (χ0n) is 8.31. The predicted octanol–water partition coefficient (Wildman–Crippen LogP) is 0.881. The van der Waals surface area contributed by atoms with E-state index in [0.717, 1.165) is 26.1 Å². The van der Waals surface area contributed by atoms with E-state index in [0.29, 0.717) is 17.5 Å². The minimum atomic E-state index is -0.890. The fourth-order valence-electron chi connectivity index (χ4n) is 1.67. The van der Waals surface area contributed by atoms with Crippen LogP contribution in [0.1, 0.15) is 18.0 Å². The van der Waals surface area contributed by atoms with Gasteiger partial charge in [-0.05, 0) is 12.3 Å². The molecule has 1 fully saturated rings. The van der Waals surface area contributed by atoms with Gasteiger partial charge in [-0.3, -0.25) is 4.79 Å². The number of oxazole rings is 1. The topological polar surface area (TPSA) is 72.6 Å². The highest BCUT2D eigenvalue weighted by Crippen LogP contribution is 2.17. The molecule has 1 aromatic rings. The average molecular weight is 211 g/mol. The lowest BCUT2D eigenvalue weighted by atomic mass is 10.1. The molecule has 2 heterocycles. The molecule has 1 saturated heterocycles. The Balaban J connectivity index is 1.91. The molecule has 1 aliphatic heterocycles. The van der Waals surface area contributed by atoms with E-state index in [1.54, 1.807) is 0 Å². The first-order valence-corrected chi connectivity index (χ1v) is 4.97. The Kier molecular flexibility index (Phi) is 3.01. The Bertz CT molecular complexity index is 341. The lowest BCUT2D eigenvalue weighted by molar-refractivity contribution is -0.136. The Morgan fingerprint density at radius 3 is 3.20 bits per heavy atom. The smallest absolute Gasteiger partial charge is 0.309 e. The van der Waals surface area contributed by atoms with Crippen LogP contribution in [0.25, 0.3) is 0 Å². The Morgan fingerprint density at radius 2 is 2.53 bits per heavy atom. The molecule has 0 bridgehead atoms. The largest absolute Gasteiger partial charge is 0.481 e. The van der Waals surface area contributed by atoms with Crippen molar-refractivity contribution in [3.05, 3.63) is 17.8 Å². The normalized spacial score (nSPS) is 20.7. The van der Waals surface area contributed by atoms with E-state index in [1.807, 2.05) is 0 Å². The summed E-state index contributed by atoms with van der Waals surface area (Å²) in [5.74, 6) is 0.183. The van der Waals surface area contributed by atoms with Gasteiger partial charge in [0.2, 0.25) is 0 Å². The van der Waals surface area contributed by atoms with Crippen LogP contribution in [0.3, 0.4) is 0 Å². The molecule has 15 heavy (non-hydrogen) atoms. The molecule has 1 unspecified atom stereocenters. The summed E-state index contributed by atoms with van der Waals surface area (Å²) in [4.78, 5) is 14.5. The highest BCUT2D eigenvalue weighted by atomic mass is 16.5. The van der Waals surface area contributed by atoms with Gasteiger partial charge >= 0.3 is 5.97 Å². The van der Waals surface area contributed by atoms with Crippen LogP contribution in [0.15, 0.2) is 10.7 Å². The SMILES string of the molecule is O=C(O)Cc1coc(CC2CCOC2)n1. The van der Waals surface area contributed by atoms with Gasteiger partial charge in [0.25, 0.3) is 0 Å². The monoisotopic (exact) mass is 211 g/mol. The van der Waals surface area contributed by atoms with Crippen LogP contribution in [0.4, 0.5) is 0 Å². The zero-order valence-corrected chi connectivity index (χ0v) is 8.31. The first-order valence-electron chi connectivity index (χ1n) is 4.97. The molecule has 1 aromatic heterocycles. The predicted molar refractivity (Wildman–Crippen MR) is 50.5 cm³/mol. The van der Waals surface area contributed by atoms with Crippen molar-refractivity contribution in [1.82, 2.24) is 4.98 Å². The van der Waals surface area contributed by atoms with Gasteiger partial charge in [0.1, 0.15) is 6.26 Å². The lowest BCUT2D eigenvalue weighted by Gasteiger charge is -2.01. The molecule has 5 heteroatoms. The third-order valence-corrected chi connectivity index (χ3v) is 2.42. The van der Waals surface area contributed by atoms with Gasteiger partial charge in [-0.1, -0.05) is 0 Å². The number of carboxylic acids is 1. The van der Waals surface area contributed by atoms with Crippen LogP contribution in [0.2, 0.25) is 0 Å². The third-order valence-electron chi connectivity index (χ3n) is 2.42. The summed E-state index contributed by atoms with van der Waals surface area (Å²) in [6, 6.07) is 0. The molecule has 82 valence electrons. The van der Waals surface area contributed by atoms with Gasteiger partial charge in [0.05, 0.1) is 12.1 Å². The molecule has 2 rings (SSSR count). The van der Waals surface area contributed by atoms with Gasteiger partial charge in [-0.15, -0.1) is 0 Å². The van der Waals surface area contributed by atoms with Crippen molar-refractivity contribution in [3.63, 3.8) is 0 Å². The van der Waals surface area contributed by atoms with E-state index in [4.69, 9.17) is 14.3 Å². The second-order valence-corrected chi connectivity index (χ2v) is 3.74. The highest BCUT2D eigenvalue weighted by molar-refractivity contribution is 5.69. The summed E-state index contributed by atoms with van der Waals surface area (Å²) >= 11 is 0. The van der Waals surface area contributed by atoms with Crippen molar-refractivity contribution in [2.24, 2.45) is 5.92 Å². The van der Waals surface area contributed by atoms with Crippen molar-refractivity contribution in [2.75, 3.05) is 13.2 Å². The van der Waals surface area contributed by atoms with Crippen molar-refractivity contribution in [2.45, 2.75) is 19.3 Å². The van der Waals surface area contributed by atoms with Crippen LogP contribution in [-0.4, -0.2) is 29.3 Å². The summed E-state index contributed by atoms with van der Waals surface area (Å²) in [5, 5.41) is 8.56. The van der Waals surface area contributed by atoms with Gasteiger partial charge in [-0.2, -0.15) is 0 Å². The second-order valence-electron chi connectivity index (χ2n) is 3.74. The number of ether oxygens (including phenoxy) is 1. The number of carbonyl (C=O) groups is 1. The highest BCUT2D eigenvalue weighted by Gasteiger charge is 2.18. The van der Waals surface area contributed by atoms with Gasteiger partial charge in [0, 0.05) is 19.6 Å². The Hall–Kier alpha value is -1.36. The standard InChI is InChI=1S/C10H13NO4/c12-10(13)4-8-6-15-9(11-8)3-7-1-2-14-5-7/h6-7H,1-5H2,(H,12,13). The van der Waals surface area contributed by atoms with Crippen LogP contribution < -0.4 is 0 Å². The Morgan fingerprint density at radius 1 is 1.67 bits per heavy atom. The molecular weight excluding hydrogens is 198 g/mol. The minimum absolute atomic E-state index is 0.0787. The van der Waals surface area contributed by atoms with Crippen molar-refractivity contribution >= 4 is 5.97 Å². The third kappa shape index (κ3) is 2.79. The fraction of sp³-hybridized carbons (Fsp3) is 0.600. The zero-order chi connectivity index (χ0) is 10.7. The molecule has 1 aliphatic rings. The number of carboxylic acid groups (broad SMARTS) is 1. The maximum atomic E-state index is 10.4. The molecule has 1 N–H and O–H groups in total. The fourth-order valence-corrected chi connectivity index (χ4v) is 1.67. The van der Waals surface area contributed by atoms with E-state index in [2.05, 4.69) is 4.98 Å². The summed E-state index contributed by atoms with van der Waals surface area (Å²) in [6.07, 6.45) is 3.10. The van der Waals surface area contributed by atoms with Crippen molar-refractivity contribution in [3.8, 4) is 0 Å². The first-order chi connectivity index (χ1) is 7.24. The summed E-state index contributed by atoms with van der Waals surface area (Å²) in [5.41, 5.74) is 0.483. The summed E-state index contributed by atoms with van der Waals surface area (Å²) in [7, 11) is 0. The van der Waals surface area contributed by atoms with Crippen molar-refractivity contribution in [1.29, 1.82) is 0 Å². The van der Waals surface area contributed by atoms with Crippen LogP contribution in [0.5, 0.6) is 0 Å². The van der Waals surface area contributed by atoms with Crippen LogP contribution in [0, 0.1) is 5.92 Å². The molecule has 1 atom stereocenters. The lowest BCUT2D eigenvalue weighted by Crippen LogP contribution is -2.04. The van der Waals surface area contributed by atoms with Crippen molar-refractivity contribution < 1.29 is 19.1 Å². The molecule has 0 aliphatic carbocycles. The summed E-state index contributed by atoms with van der Waals surface area (Å²) < 4.78 is 10.4. The maximum Gasteiger partial charge on any atom is 0.309 e. The van der Waals surface area contributed by atoms with E-state index in [9.17, 15) is 4.79 Å². The van der Waals surface area contributed by atoms with E-state index in [1.165, 1.54) is 6.26 Å². The molecule has 0 amide bonds. The number of hydrogen-bond donors (Lipinski definition) is 1. The average Bonchev–Trinajstić information content (AvgIpc) is 2.77. The van der Waals surface area contributed by atoms with Gasteiger partial charge < -0.3 is 14.3 Å².